The molecule has 6 heteroatoms. The minimum atomic E-state index is -1.54. The van der Waals surface area contributed by atoms with Crippen molar-refractivity contribution in [1.29, 1.82) is 0 Å². The second kappa shape index (κ2) is 5.81. The van der Waals surface area contributed by atoms with Crippen molar-refractivity contribution in [2.45, 2.75) is 39.2 Å². The summed E-state index contributed by atoms with van der Waals surface area (Å²) in [5, 5.41) is 19.4. The predicted octanol–water partition coefficient (Wildman–Crippen LogP) is 2.82. The highest BCUT2D eigenvalue weighted by Crippen LogP contribution is 2.44. The van der Waals surface area contributed by atoms with Gasteiger partial charge in [-0.2, -0.15) is 0 Å². The Balaban J connectivity index is 2.07. The third-order valence-electron chi connectivity index (χ3n) is 5.06. The summed E-state index contributed by atoms with van der Waals surface area (Å²) >= 11 is 3.56. The summed E-state index contributed by atoms with van der Waals surface area (Å²) in [7, 11) is 0. The van der Waals surface area contributed by atoms with Crippen LogP contribution in [0, 0.1) is 25.7 Å². The molecule has 1 aromatic rings. The number of aliphatic hydroxyl groups is 1. The Labute approximate surface area is 138 Å². The number of aryl methyl sites for hydroxylation is 2. The fourth-order valence-electron chi connectivity index (χ4n) is 4.00. The molecular weight excluding hydrogens is 348 g/mol. The van der Waals surface area contributed by atoms with Crippen molar-refractivity contribution in [3.05, 3.63) is 21.4 Å². The van der Waals surface area contributed by atoms with Gasteiger partial charge in [0.15, 0.2) is 6.10 Å². The highest BCUT2D eigenvalue weighted by molar-refractivity contribution is 9.10. The number of carbonyl (C=O) groups is 1. The zero-order valence-electron chi connectivity index (χ0n) is 12.8. The van der Waals surface area contributed by atoms with Crippen molar-refractivity contribution >= 4 is 27.6 Å². The quantitative estimate of drug-likeness (QED) is 0.857. The topological polar surface area (TPSA) is 73.7 Å². The van der Waals surface area contributed by atoms with E-state index in [0.717, 1.165) is 28.9 Å². The van der Waals surface area contributed by atoms with Crippen LogP contribution in [0.25, 0.3) is 0 Å². The van der Waals surface area contributed by atoms with E-state index in [4.69, 9.17) is 0 Å². The van der Waals surface area contributed by atoms with Gasteiger partial charge in [0.2, 0.25) is 0 Å². The Bertz CT molecular complexity index is 608. The number of carboxylic acid groups (broad SMARTS) is 1. The number of aromatic nitrogens is 1. The van der Waals surface area contributed by atoms with Gasteiger partial charge in [0.1, 0.15) is 0 Å². The van der Waals surface area contributed by atoms with Gasteiger partial charge in [0, 0.05) is 24.3 Å². The van der Waals surface area contributed by atoms with E-state index in [9.17, 15) is 15.0 Å². The van der Waals surface area contributed by atoms with Gasteiger partial charge in [-0.1, -0.05) is 6.42 Å². The molecule has 0 bridgehead atoms. The number of hydrogen-bond acceptors (Lipinski definition) is 4. The summed E-state index contributed by atoms with van der Waals surface area (Å²) < 4.78 is 0.799. The molecule has 1 aromatic heterocycles. The van der Waals surface area contributed by atoms with E-state index in [2.05, 4.69) is 25.8 Å². The molecule has 2 heterocycles. The minimum Gasteiger partial charge on any atom is -0.479 e. The summed E-state index contributed by atoms with van der Waals surface area (Å²) in [6, 6.07) is 0. The second-order valence-corrected chi connectivity index (χ2v) is 7.25. The number of carboxylic acids is 1. The number of nitrogens with zero attached hydrogens (tertiary/aromatic N) is 2. The Morgan fingerprint density at radius 1 is 1.27 bits per heavy atom. The Morgan fingerprint density at radius 2 is 1.86 bits per heavy atom. The summed E-state index contributed by atoms with van der Waals surface area (Å²) in [6.45, 7) is 5.53. The average Bonchev–Trinajstić information content (AvgIpc) is 3.02. The van der Waals surface area contributed by atoms with Crippen molar-refractivity contribution in [3.8, 4) is 0 Å². The highest BCUT2D eigenvalue weighted by Gasteiger charge is 2.39. The fourth-order valence-corrected chi connectivity index (χ4v) is 4.55. The lowest BCUT2D eigenvalue weighted by atomic mass is 10.0. The molecule has 3 unspecified atom stereocenters. The Morgan fingerprint density at radius 3 is 2.41 bits per heavy atom. The number of hydrogen-bond donors (Lipinski definition) is 2. The monoisotopic (exact) mass is 368 g/mol. The molecule has 2 fully saturated rings. The lowest BCUT2D eigenvalue weighted by molar-refractivity contribution is -0.147. The summed E-state index contributed by atoms with van der Waals surface area (Å²) in [4.78, 5) is 17.9. The molecule has 0 radical (unpaired) electrons. The van der Waals surface area contributed by atoms with Crippen LogP contribution in [0.2, 0.25) is 0 Å². The number of anilines is 1. The molecule has 1 aliphatic carbocycles. The fraction of sp³-hybridized carbons (Fsp3) is 0.625. The lowest BCUT2D eigenvalue weighted by Crippen LogP contribution is -2.26. The maximum absolute atomic E-state index is 11.3. The number of aliphatic carboxylic acids is 1. The summed E-state index contributed by atoms with van der Waals surface area (Å²) in [5.41, 5.74) is 2.65. The number of halogens is 1. The molecule has 3 atom stereocenters. The van der Waals surface area contributed by atoms with Crippen LogP contribution in [0.5, 0.6) is 0 Å². The molecule has 5 nitrogen and oxygen atoms in total. The normalized spacial score (nSPS) is 25.4. The van der Waals surface area contributed by atoms with Crippen molar-refractivity contribution in [2.24, 2.45) is 11.8 Å². The van der Waals surface area contributed by atoms with Crippen molar-refractivity contribution in [2.75, 3.05) is 18.0 Å². The molecule has 0 spiro atoms. The van der Waals surface area contributed by atoms with E-state index in [1.165, 1.54) is 19.3 Å². The molecule has 120 valence electrons. The summed E-state index contributed by atoms with van der Waals surface area (Å²) in [6.07, 6.45) is 2.25. The van der Waals surface area contributed by atoms with Gasteiger partial charge in [-0.3, -0.25) is 4.98 Å². The van der Waals surface area contributed by atoms with E-state index in [1.807, 2.05) is 6.92 Å². The van der Waals surface area contributed by atoms with E-state index < -0.39 is 12.1 Å². The van der Waals surface area contributed by atoms with Crippen LogP contribution < -0.4 is 4.90 Å². The average molecular weight is 369 g/mol. The van der Waals surface area contributed by atoms with Crippen molar-refractivity contribution < 1.29 is 15.0 Å². The van der Waals surface area contributed by atoms with Gasteiger partial charge in [0.05, 0.1) is 15.9 Å². The molecule has 1 saturated heterocycles. The van der Waals surface area contributed by atoms with Crippen LogP contribution >= 0.6 is 15.9 Å². The first-order valence-corrected chi connectivity index (χ1v) is 8.51. The van der Waals surface area contributed by atoms with Crippen LogP contribution in [0.1, 0.15) is 42.3 Å². The first-order chi connectivity index (χ1) is 10.4. The third kappa shape index (κ3) is 2.52. The van der Waals surface area contributed by atoms with E-state index >= 15 is 0 Å². The molecular formula is C16H21BrN2O3. The van der Waals surface area contributed by atoms with E-state index in [-0.39, 0.29) is 0 Å². The van der Waals surface area contributed by atoms with Crippen LogP contribution in [-0.2, 0) is 4.79 Å². The molecule has 22 heavy (non-hydrogen) atoms. The van der Waals surface area contributed by atoms with E-state index in [1.54, 1.807) is 6.92 Å². The first kappa shape index (κ1) is 15.7. The number of rotatable bonds is 3. The molecule has 0 aromatic carbocycles. The largest absolute Gasteiger partial charge is 0.479 e. The lowest BCUT2D eigenvalue weighted by Gasteiger charge is -2.27. The molecule has 1 aliphatic heterocycles. The van der Waals surface area contributed by atoms with E-state index in [0.29, 0.717) is 23.1 Å². The summed E-state index contributed by atoms with van der Waals surface area (Å²) in [5.74, 6) is 0.146. The maximum Gasteiger partial charge on any atom is 0.337 e. The van der Waals surface area contributed by atoms with Crippen LogP contribution in [0.4, 0.5) is 5.69 Å². The van der Waals surface area contributed by atoms with Gasteiger partial charge in [0.25, 0.3) is 0 Å². The van der Waals surface area contributed by atoms with Crippen molar-refractivity contribution in [3.63, 3.8) is 0 Å². The predicted molar refractivity (Wildman–Crippen MR) is 87.1 cm³/mol. The van der Waals surface area contributed by atoms with Crippen LogP contribution in [0.15, 0.2) is 4.47 Å². The van der Waals surface area contributed by atoms with Crippen LogP contribution in [0.3, 0.4) is 0 Å². The SMILES string of the molecule is Cc1nc(C)c(C(O)C(=O)O)c(N2CC3CCCC3C2)c1Br. The Kier molecular flexibility index (Phi) is 4.16. The molecule has 0 amide bonds. The number of pyridine rings is 1. The van der Waals surface area contributed by atoms with Crippen molar-refractivity contribution in [1.82, 2.24) is 4.98 Å². The van der Waals surface area contributed by atoms with Gasteiger partial charge in [-0.25, -0.2) is 4.79 Å². The third-order valence-corrected chi connectivity index (χ3v) is 6.01. The smallest absolute Gasteiger partial charge is 0.337 e. The highest BCUT2D eigenvalue weighted by atomic mass is 79.9. The molecule has 2 N–H and O–H groups in total. The number of aliphatic hydroxyl groups excluding tert-OH is 1. The Hall–Kier alpha value is -1.14. The van der Waals surface area contributed by atoms with Crippen LogP contribution in [-0.4, -0.2) is 34.3 Å². The van der Waals surface area contributed by atoms with Gasteiger partial charge in [-0.15, -0.1) is 0 Å². The zero-order valence-corrected chi connectivity index (χ0v) is 14.4. The standard InChI is InChI=1S/C16H21BrN2O3/c1-8-12(15(20)16(21)22)14(13(17)9(2)18-8)19-6-10-4-3-5-11(10)7-19/h10-11,15,20H,3-7H2,1-2H3,(H,21,22). The molecule has 3 rings (SSSR count). The zero-order chi connectivity index (χ0) is 16.0. The first-order valence-electron chi connectivity index (χ1n) is 7.72. The molecule has 2 aliphatic rings. The maximum atomic E-state index is 11.3. The number of fused-ring (bicyclic) bond motifs is 1. The van der Waals surface area contributed by atoms with Gasteiger partial charge >= 0.3 is 5.97 Å². The van der Waals surface area contributed by atoms with Gasteiger partial charge in [-0.05, 0) is 54.5 Å². The minimum absolute atomic E-state index is 0.421. The molecule has 1 saturated carbocycles. The van der Waals surface area contributed by atoms with Gasteiger partial charge < -0.3 is 15.1 Å². The second-order valence-electron chi connectivity index (χ2n) is 6.46.